The van der Waals surface area contributed by atoms with Crippen molar-refractivity contribution in [2.24, 2.45) is 0 Å². The Morgan fingerprint density at radius 2 is 2.17 bits per heavy atom. The molecule has 3 aromatic rings. The minimum absolute atomic E-state index is 0.0758. The number of aromatic hydroxyl groups is 1. The summed E-state index contributed by atoms with van der Waals surface area (Å²) in [5.74, 6) is -0.229. The Morgan fingerprint density at radius 1 is 1.35 bits per heavy atom. The lowest BCUT2D eigenvalue weighted by atomic mass is 10.2. The maximum atomic E-state index is 11.9. The zero-order valence-electron chi connectivity index (χ0n) is 12.2. The molecule has 0 saturated carbocycles. The van der Waals surface area contributed by atoms with E-state index >= 15 is 0 Å². The number of carbonyl (C=O) groups excluding carboxylic acids is 1. The topological polar surface area (TPSA) is 75.4 Å². The molecule has 0 bridgehead atoms. The van der Waals surface area contributed by atoms with Gasteiger partial charge in [0, 0.05) is 11.1 Å². The molecule has 118 valence electrons. The average molecular weight is 349 g/mol. The van der Waals surface area contributed by atoms with Gasteiger partial charge in [-0.25, -0.2) is 4.98 Å². The third kappa shape index (κ3) is 3.78. The van der Waals surface area contributed by atoms with Crippen LogP contribution in [0.5, 0.6) is 5.75 Å². The number of aromatic nitrogens is 1. The van der Waals surface area contributed by atoms with E-state index in [-0.39, 0.29) is 17.4 Å². The molecule has 23 heavy (non-hydrogen) atoms. The summed E-state index contributed by atoms with van der Waals surface area (Å²) in [5.41, 5.74) is 2.85. The van der Waals surface area contributed by atoms with Gasteiger partial charge in [-0.1, -0.05) is 29.4 Å². The number of thioether (sulfide) groups is 1. The lowest BCUT2D eigenvalue weighted by Gasteiger charge is -2.06. The number of amides is 1. The van der Waals surface area contributed by atoms with Crippen molar-refractivity contribution >= 4 is 46.1 Å². The van der Waals surface area contributed by atoms with Gasteiger partial charge in [0.2, 0.25) is 5.91 Å². The fraction of sp³-hybridized carbons (Fsp3) is 0.125. The number of phenolic OH excluding ortho intramolecular Hbond substituents is 1. The lowest BCUT2D eigenvalue weighted by molar-refractivity contribution is -0.113. The molecule has 0 saturated heterocycles. The van der Waals surface area contributed by atoms with Gasteiger partial charge in [-0.3, -0.25) is 4.79 Å². The summed E-state index contributed by atoms with van der Waals surface area (Å²) in [6.07, 6.45) is 0. The minimum Gasteiger partial charge on any atom is -0.506 e. The number of rotatable bonds is 4. The smallest absolute Gasteiger partial charge is 0.257 e. The molecule has 0 radical (unpaired) electrons. The largest absolute Gasteiger partial charge is 0.506 e. The van der Waals surface area contributed by atoms with Gasteiger partial charge >= 0.3 is 0 Å². The van der Waals surface area contributed by atoms with E-state index in [1.54, 1.807) is 12.1 Å². The van der Waals surface area contributed by atoms with Crippen molar-refractivity contribution in [3.63, 3.8) is 0 Å². The van der Waals surface area contributed by atoms with Crippen LogP contribution in [-0.4, -0.2) is 21.8 Å². The van der Waals surface area contributed by atoms with E-state index in [9.17, 15) is 9.90 Å². The fourth-order valence-corrected chi connectivity index (χ4v) is 2.80. The number of nitrogens with one attached hydrogen (secondary N) is 1. The van der Waals surface area contributed by atoms with Crippen molar-refractivity contribution in [2.75, 3.05) is 11.1 Å². The first-order valence-electron chi connectivity index (χ1n) is 6.79. The summed E-state index contributed by atoms with van der Waals surface area (Å²) in [6.45, 7) is 1.97. The van der Waals surface area contributed by atoms with E-state index in [0.29, 0.717) is 21.5 Å². The summed E-state index contributed by atoms with van der Waals surface area (Å²) in [7, 11) is 0. The molecule has 3 rings (SSSR count). The molecule has 0 unspecified atom stereocenters. The van der Waals surface area contributed by atoms with Crippen LogP contribution in [0.1, 0.15) is 5.56 Å². The number of fused-ring (bicyclic) bond motifs is 1. The van der Waals surface area contributed by atoms with Gasteiger partial charge in [0.1, 0.15) is 11.3 Å². The number of nitrogens with zero attached hydrogens (tertiary/aromatic N) is 1. The van der Waals surface area contributed by atoms with Gasteiger partial charge < -0.3 is 14.8 Å². The Labute approximate surface area is 141 Å². The van der Waals surface area contributed by atoms with Crippen LogP contribution in [0.3, 0.4) is 0 Å². The number of hydrogen-bond donors (Lipinski definition) is 2. The maximum absolute atomic E-state index is 11.9. The monoisotopic (exact) mass is 348 g/mol. The van der Waals surface area contributed by atoms with E-state index in [2.05, 4.69) is 10.3 Å². The molecule has 7 heteroatoms. The summed E-state index contributed by atoms with van der Waals surface area (Å²) >= 11 is 6.94. The zero-order chi connectivity index (χ0) is 16.4. The normalized spacial score (nSPS) is 10.9. The third-order valence-electron chi connectivity index (χ3n) is 3.08. The number of carbonyl (C=O) groups is 1. The van der Waals surface area contributed by atoms with E-state index in [0.717, 1.165) is 11.1 Å². The number of hydrogen-bond acceptors (Lipinski definition) is 5. The van der Waals surface area contributed by atoms with Crippen molar-refractivity contribution in [2.45, 2.75) is 12.1 Å². The predicted molar refractivity (Wildman–Crippen MR) is 91.2 cm³/mol. The van der Waals surface area contributed by atoms with E-state index in [1.807, 2.05) is 25.1 Å². The first kappa shape index (κ1) is 15.7. The van der Waals surface area contributed by atoms with Gasteiger partial charge in [-0.2, -0.15) is 0 Å². The van der Waals surface area contributed by atoms with Crippen molar-refractivity contribution in [3.8, 4) is 5.75 Å². The number of phenols is 1. The number of benzene rings is 2. The van der Waals surface area contributed by atoms with Crippen LogP contribution in [-0.2, 0) is 4.79 Å². The Balaban J connectivity index is 1.63. The summed E-state index contributed by atoms with van der Waals surface area (Å²) in [5, 5.41) is 13.2. The van der Waals surface area contributed by atoms with Crippen LogP contribution in [0, 0.1) is 6.92 Å². The second-order valence-corrected chi connectivity index (χ2v) is 6.31. The Hall–Kier alpha value is -2.18. The molecule has 1 amide bonds. The highest BCUT2D eigenvalue weighted by molar-refractivity contribution is 7.99. The molecule has 0 fully saturated rings. The van der Waals surface area contributed by atoms with Gasteiger partial charge in [0.15, 0.2) is 5.58 Å². The van der Waals surface area contributed by atoms with Gasteiger partial charge in [-0.05, 0) is 36.8 Å². The van der Waals surface area contributed by atoms with Crippen molar-refractivity contribution in [3.05, 3.63) is 47.0 Å². The van der Waals surface area contributed by atoms with Gasteiger partial charge in [0.25, 0.3) is 5.22 Å². The standard InChI is InChI=1S/C16H13ClN2O3S/c1-9-2-4-12-14(6-9)22-16(19-12)23-8-15(21)18-11-5-3-10(17)7-13(11)20/h2-7,20H,8H2,1H3,(H,18,21). The fourth-order valence-electron chi connectivity index (χ4n) is 2.00. The quantitative estimate of drug-likeness (QED) is 0.545. The Bertz CT molecular complexity index is 879. The highest BCUT2D eigenvalue weighted by Crippen LogP contribution is 2.28. The van der Waals surface area contributed by atoms with Crippen molar-refractivity contribution in [1.82, 2.24) is 4.98 Å². The van der Waals surface area contributed by atoms with Crippen molar-refractivity contribution in [1.29, 1.82) is 0 Å². The highest BCUT2D eigenvalue weighted by atomic mass is 35.5. The minimum atomic E-state index is -0.272. The van der Waals surface area contributed by atoms with E-state index in [4.69, 9.17) is 16.0 Å². The number of oxazole rings is 1. The molecule has 1 heterocycles. The highest BCUT2D eigenvalue weighted by Gasteiger charge is 2.11. The first-order chi connectivity index (χ1) is 11.0. The maximum Gasteiger partial charge on any atom is 0.257 e. The van der Waals surface area contributed by atoms with E-state index < -0.39 is 0 Å². The lowest BCUT2D eigenvalue weighted by Crippen LogP contribution is -2.14. The SMILES string of the molecule is Cc1ccc2nc(SCC(=O)Nc3ccc(Cl)cc3O)oc2c1. The molecular formula is C16H13ClN2O3S. The van der Waals surface area contributed by atoms with E-state index in [1.165, 1.54) is 17.8 Å². The molecule has 1 aromatic heterocycles. The van der Waals surface area contributed by atoms with Crippen LogP contribution in [0.4, 0.5) is 5.69 Å². The van der Waals surface area contributed by atoms with Crippen LogP contribution in [0.25, 0.3) is 11.1 Å². The summed E-state index contributed by atoms with van der Waals surface area (Å²) < 4.78 is 5.59. The van der Waals surface area contributed by atoms with Crippen LogP contribution in [0.2, 0.25) is 5.02 Å². The van der Waals surface area contributed by atoms with Gasteiger partial charge in [0.05, 0.1) is 11.4 Å². The van der Waals surface area contributed by atoms with Crippen LogP contribution < -0.4 is 5.32 Å². The molecular weight excluding hydrogens is 336 g/mol. The number of halogens is 1. The second kappa shape index (κ2) is 6.52. The molecule has 2 N–H and O–H groups in total. The summed E-state index contributed by atoms with van der Waals surface area (Å²) in [6, 6.07) is 10.2. The Morgan fingerprint density at radius 3 is 2.96 bits per heavy atom. The molecule has 0 aliphatic carbocycles. The summed E-state index contributed by atoms with van der Waals surface area (Å²) in [4.78, 5) is 16.3. The predicted octanol–water partition coefficient (Wildman–Crippen LogP) is 4.23. The Kier molecular flexibility index (Phi) is 4.45. The molecule has 2 aromatic carbocycles. The molecule has 5 nitrogen and oxygen atoms in total. The van der Waals surface area contributed by atoms with Crippen molar-refractivity contribution < 1.29 is 14.3 Å². The average Bonchev–Trinajstić information content (AvgIpc) is 2.90. The molecule has 0 atom stereocenters. The second-order valence-electron chi connectivity index (χ2n) is 4.95. The van der Waals surface area contributed by atoms with Gasteiger partial charge in [-0.15, -0.1) is 0 Å². The number of aryl methyl sites for hydroxylation is 1. The number of anilines is 1. The van der Waals surface area contributed by atoms with Crippen LogP contribution in [0.15, 0.2) is 46.0 Å². The first-order valence-corrected chi connectivity index (χ1v) is 8.16. The molecule has 0 aliphatic heterocycles. The zero-order valence-corrected chi connectivity index (χ0v) is 13.7. The van der Waals surface area contributed by atoms with Crippen LogP contribution >= 0.6 is 23.4 Å². The third-order valence-corrected chi connectivity index (χ3v) is 4.15. The molecule has 0 aliphatic rings. The molecule has 0 spiro atoms.